The fourth-order valence-electron chi connectivity index (χ4n) is 3.14. The van der Waals surface area contributed by atoms with E-state index in [-0.39, 0.29) is 23.6 Å². The molecule has 1 fully saturated rings. The largest absolute Gasteiger partial charge is 0.496 e. The van der Waals surface area contributed by atoms with Crippen LogP contribution < -0.4 is 15.4 Å². The molecule has 154 valence electrons. The van der Waals surface area contributed by atoms with E-state index in [1.807, 2.05) is 54.6 Å². The van der Waals surface area contributed by atoms with Crippen LogP contribution in [0.25, 0.3) is 10.6 Å². The number of hydrogen-bond donors (Lipinski definition) is 2. The van der Waals surface area contributed by atoms with E-state index in [2.05, 4.69) is 15.6 Å². The molecule has 1 atom stereocenters. The van der Waals surface area contributed by atoms with Crippen LogP contribution in [0, 0.1) is 0 Å². The Bertz CT molecular complexity index is 1030. The van der Waals surface area contributed by atoms with Crippen molar-refractivity contribution >= 4 is 23.2 Å². The number of nitrogens with one attached hydrogen (secondary N) is 2. The van der Waals surface area contributed by atoms with Gasteiger partial charge >= 0.3 is 0 Å². The second kappa shape index (κ2) is 9.09. The van der Waals surface area contributed by atoms with E-state index in [1.54, 1.807) is 12.5 Å². The molecule has 7 heteroatoms. The average molecular weight is 422 g/mol. The van der Waals surface area contributed by atoms with Crippen molar-refractivity contribution in [2.75, 3.05) is 7.11 Å². The van der Waals surface area contributed by atoms with Crippen LogP contribution in [0.15, 0.2) is 60.0 Å². The van der Waals surface area contributed by atoms with E-state index in [4.69, 9.17) is 4.74 Å². The van der Waals surface area contributed by atoms with Crippen LogP contribution in [-0.4, -0.2) is 36.0 Å². The number of nitrogens with zero attached hydrogens (tertiary/aromatic N) is 1. The topological polar surface area (TPSA) is 80.3 Å². The highest BCUT2D eigenvalue weighted by molar-refractivity contribution is 7.13. The van der Waals surface area contributed by atoms with Gasteiger partial charge in [-0.25, -0.2) is 4.98 Å². The number of thiazole rings is 1. The monoisotopic (exact) mass is 421 g/mol. The van der Waals surface area contributed by atoms with E-state index in [1.165, 1.54) is 11.3 Å². The van der Waals surface area contributed by atoms with Crippen molar-refractivity contribution in [1.29, 1.82) is 0 Å². The van der Waals surface area contributed by atoms with Crippen molar-refractivity contribution < 1.29 is 14.3 Å². The number of aromatic nitrogens is 1. The second-order valence-corrected chi connectivity index (χ2v) is 8.09. The molecule has 0 aliphatic heterocycles. The molecule has 0 radical (unpaired) electrons. The summed E-state index contributed by atoms with van der Waals surface area (Å²) in [5.41, 5.74) is 2.11. The number of carbonyl (C=O) groups excluding carboxylic acids is 2. The van der Waals surface area contributed by atoms with Gasteiger partial charge in [0.05, 0.1) is 12.7 Å². The number of para-hydroxylation sites is 1. The van der Waals surface area contributed by atoms with Gasteiger partial charge in [0, 0.05) is 17.8 Å². The fourth-order valence-corrected chi connectivity index (χ4v) is 3.97. The van der Waals surface area contributed by atoms with Gasteiger partial charge in [-0.15, -0.1) is 11.3 Å². The summed E-state index contributed by atoms with van der Waals surface area (Å²) < 4.78 is 5.39. The molecule has 2 amide bonds. The first-order valence-electron chi connectivity index (χ1n) is 9.88. The summed E-state index contributed by atoms with van der Waals surface area (Å²) in [6.07, 6.45) is 2.41. The Morgan fingerprint density at radius 2 is 1.87 bits per heavy atom. The lowest BCUT2D eigenvalue weighted by Crippen LogP contribution is -2.48. The maximum atomic E-state index is 12.9. The van der Waals surface area contributed by atoms with Crippen LogP contribution in [0.2, 0.25) is 0 Å². The number of carbonyl (C=O) groups is 2. The minimum Gasteiger partial charge on any atom is -0.496 e. The Labute approximate surface area is 179 Å². The van der Waals surface area contributed by atoms with E-state index < -0.39 is 6.04 Å². The van der Waals surface area contributed by atoms with Gasteiger partial charge in [0.15, 0.2) is 0 Å². The molecular formula is C23H23N3O3S. The third-order valence-corrected chi connectivity index (χ3v) is 5.78. The molecular weight excluding hydrogens is 398 g/mol. The van der Waals surface area contributed by atoms with E-state index in [0.29, 0.717) is 17.2 Å². The van der Waals surface area contributed by atoms with Gasteiger partial charge in [0.1, 0.15) is 22.5 Å². The molecule has 3 aromatic rings. The van der Waals surface area contributed by atoms with E-state index in [0.717, 1.165) is 24.0 Å². The molecule has 2 N–H and O–H groups in total. The summed E-state index contributed by atoms with van der Waals surface area (Å²) >= 11 is 1.37. The first-order chi connectivity index (χ1) is 14.6. The van der Waals surface area contributed by atoms with Crippen LogP contribution in [0.3, 0.4) is 0 Å². The molecule has 1 heterocycles. The molecule has 0 saturated heterocycles. The quantitative estimate of drug-likeness (QED) is 0.584. The van der Waals surface area contributed by atoms with Gasteiger partial charge < -0.3 is 15.4 Å². The number of rotatable bonds is 8. The third kappa shape index (κ3) is 4.86. The molecule has 0 bridgehead atoms. The lowest BCUT2D eigenvalue weighted by Gasteiger charge is -2.18. The summed E-state index contributed by atoms with van der Waals surface area (Å²) in [5, 5.41) is 8.26. The average Bonchev–Trinajstić information content (AvgIpc) is 3.45. The molecule has 0 spiro atoms. The summed E-state index contributed by atoms with van der Waals surface area (Å²) in [6.45, 7) is 0. The Kier molecular flexibility index (Phi) is 6.09. The van der Waals surface area contributed by atoms with Crippen molar-refractivity contribution in [3.63, 3.8) is 0 Å². The molecule has 30 heavy (non-hydrogen) atoms. The molecule has 1 aliphatic rings. The number of benzene rings is 2. The number of methoxy groups -OCH3 is 1. The van der Waals surface area contributed by atoms with Gasteiger partial charge in [-0.05, 0) is 30.5 Å². The number of ether oxygens (including phenoxy) is 1. The highest BCUT2D eigenvalue weighted by Gasteiger charge is 2.29. The highest BCUT2D eigenvalue weighted by Crippen LogP contribution is 2.31. The van der Waals surface area contributed by atoms with Gasteiger partial charge in [0.25, 0.3) is 5.91 Å². The Morgan fingerprint density at radius 1 is 1.13 bits per heavy atom. The molecule has 6 nitrogen and oxygen atoms in total. The van der Waals surface area contributed by atoms with E-state index in [9.17, 15) is 9.59 Å². The SMILES string of the molecule is COc1ccccc1-c1nc(C(=O)NC(Cc2ccccc2)C(=O)NC2CC2)cs1. The normalized spacial score (nSPS) is 14.0. The Hall–Kier alpha value is -3.19. The highest BCUT2D eigenvalue weighted by atomic mass is 32.1. The summed E-state index contributed by atoms with van der Waals surface area (Å²) in [5.74, 6) is 0.179. The molecule has 2 aromatic carbocycles. The zero-order valence-electron chi connectivity index (χ0n) is 16.6. The van der Waals surface area contributed by atoms with Gasteiger partial charge in [-0.3, -0.25) is 9.59 Å². The van der Waals surface area contributed by atoms with Crippen molar-refractivity contribution in [1.82, 2.24) is 15.6 Å². The molecule has 4 rings (SSSR count). The van der Waals surface area contributed by atoms with Gasteiger partial charge in [0.2, 0.25) is 5.91 Å². The Morgan fingerprint density at radius 3 is 2.60 bits per heavy atom. The van der Waals surface area contributed by atoms with Crippen molar-refractivity contribution in [3.8, 4) is 16.3 Å². The second-order valence-electron chi connectivity index (χ2n) is 7.24. The predicted molar refractivity (Wildman–Crippen MR) is 117 cm³/mol. The number of amides is 2. The van der Waals surface area contributed by atoms with Gasteiger partial charge in [-0.2, -0.15) is 0 Å². The van der Waals surface area contributed by atoms with Crippen LogP contribution in [-0.2, 0) is 11.2 Å². The van der Waals surface area contributed by atoms with Crippen molar-refractivity contribution in [2.24, 2.45) is 0 Å². The first kappa shape index (κ1) is 20.1. The molecule has 1 aromatic heterocycles. The summed E-state index contributed by atoms with van der Waals surface area (Å²) in [6, 6.07) is 16.8. The Balaban J connectivity index is 1.50. The molecule has 1 aliphatic carbocycles. The maximum absolute atomic E-state index is 12.9. The van der Waals surface area contributed by atoms with E-state index >= 15 is 0 Å². The van der Waals surface area contributed by atoms with Crippen molar-refractivity contribution in [2.45, 2.75) is 31.3 Å². The molecule has 1 unspecified atom stereocenters. The standard InChI is InChI=1S/C23H23N3O3S/c1-29-20-10-6-5-9-17(20)23-26-19(14-30-23)22(28)25-18(21(27)24-16-11-12-16)13-15-7-3-2-4-8-15/h2-10,14,16,18H,11-13H2,1H3,(H,24,27)(H,25,28). The van der Waals surface area contributed by atoms with Crippen molar-refractivity contribution in [3.05, 3.63) is 71.2 Å². The maximum Gasteiger partial charge on any atom is 0.271 e. The van der Waals surface area contributed by atoms with Gasteiger partial charge in [-0.1, -0.05) is 42.5 Å². The molecule has 1 saturated carbocycles. The smallest absolute Gasteiger partial charge is 0.271 e. The number of hydrogen-bond acceptors (Lipinski definition) is 5. The fraction of sp³-hybridized carbons (Fsp3) is 0.261. The lowest BCUT2D eigenvalue weighted by atomic mass is 10.0. The predicted octanol–water partition coefficient (Wildman–Crippen LogP) is 3.44. The lowest BCUT2D eigenvalue weighted by molar-refractivity contribution is -0.123. The van der Waals surface area contributed by atoms with Crippen LogP contribution in [0.5, 0.6) is 5.75 Å². The third-order valence-electron chi connectivity index (χ3n) is 4.90. The minimum absolute atomic E-state index is 0.158. The summed E-state index contributed by atoms with van der Waals surface area (Å²) in [4.78, 5) is 30.1. The first-order valence-corrected chi connectivity index (χ1v) is 10.8. The zero-order chi connectivity index (χ0) is 20.9. The summed E-state index contributed by atoms with van der Waals surface area (Å²) in [7, 11) is 1.60. The van der Waals surface area contributed by atoms with Crippen LogP contribution >= 0.6 is 11.3 Å². The minimum atomic E-state index is -0.656. The zero-order valence-corrected chi connectivity index (χ0v) is 17.4. The van der Waals surface area contributed by atoms with Crippen LogP contribution in [0.1, 0.15) is 28.9 Å². The van der Waals surface area contributed by atoms with Crippen LogP contribution in [0.4, 0.5) is 0 Å².